The first kappa shape index (κ1) is 16.7. The molecule has 122 valence electrons. The first-order valence-electron chi connectivity index (χ1n) is 7.10. The van der Waals surface area contributed by atoms with Gasteiger partial charge in [0, 0.05) is 13.1 Å². The fourth-order valence-electron chi connectivity index (χ4n) is 2.31. The molecule has 1 aromatic rings. The molecule has 0 aromatic heterocycles. The molecule has 8 heteroatoms. The highest BCUT2D eigenvalue weighted by Gasteiger charge is 2.32. The molecule has 1 saturated heterocycles. The maximum absolute atomic E-state index is 12.2. The van der Waals surface area contributed by atoms with Crippen LogP contribution >= 0.6 is 0 Å². The first-order valence-corrected chi connectivity index (χ1v) is 7.10. The predicted molar refractivity (Wildman–Crippen MR) is 77.5 cm³/mol. The van der Waals surface area contributed by atoms with Gasteiger partial charge in [-0.1, -0.05) is 12.1 Å². The van der Waals surface area contributed by atoms with Gasteiger partial charge in [0.15, 0.2) is 0 Å². The van der Waals surface area contributed by atoms with Gasteiger partial charge in [-0.05, 0) is 24.1 Å². The van der Waals surface area contributed by atoms with E-state index in [9.17, 15) is 18.4 Å². The van der Waals surface area contributed by atoms with Crippen molar-refractivity contribution in [3.8, 4) is 6.07 Å². The molecule has 6 nitrogen and oxygen atoms in total. The second-order valence-electron chi connectivity index (χ2n) is 5.16. The Morgan fingerprint density at radius 3 is 2.70 bits per heavy atom. The SMILES string of the molecule is N#Cc1ccc(CN2CC[C@@H](NC(=O)NCC(F)F)C2=O)cc1. The van der Waals surface area contributed by atoms with Gasteiger partial charge in [0.2, 0.25) is 5.91 Å². The van der Waals surface area contributed by atoms with Gasteiger partial charge in [-0.15, -0.1) is 0 Å². The van der Waals surface area contributed by atoms with E-state index < -0.39 is 25.0 Å². The highest BCUT2D eigenvalue weighted by Crippen LogP contribution is 2.15. The minimum absolute atomic E-state index is 0.249. The normalized spacial score (nSPS) is 17.2. The zero-order valence-corrected chi connectivity index (χ0v) is 12.3. The summed E-state index contributed by atoms with van der Waals surface area (Å²) in [6.07, 6.45) is -2.20. The Morgan fingerprint density at radius 1 is 1.39 bits per heavy atom. The summed E-state index contributed by atoms with van der Waals surface area (Å²) in [4.78, 5) is 25.2. The molecule has 0 saturated carbocycles. The summed E-state index contributed by atoms with van der Waals surface area (Å²) < 4.78 is 24.0. The van der Waals surface area contributed by atoms with Gasteiger partial charge in [0.1, 0.15) is 6.04 Å². The number of urea groups is 1. The molecule has 23 heavy (non-hydrogen) atoms. The molecule has 2 N–H and O–H groups in total. The van der Waals surface area contributed by atoms with Gasteiger partial charge in [-0.25, -0.2) is 13.6 Å². The summed E-state index contributed by atoms with van der Waals surface area (Å²) in [5.74, 6) is -0.249. The molecule has 0 radical (unpaired) electrons. The third-order valence-electron chi connectivity index (χ3n) is 3.48. The Balaban J connectivity index is 1.86. The number of amides is 3. The number of benzene rings is 1. The Hall–Kier alpha value is -2.69. The number of rotatable bonds is 5. The van der Waals surface area contributed by atoms with Gasteiger partial charge in [-0.2, -0.15) is 5.26 Å². The summed E-state index contributed by atoms with van der Waals surface area (Å²) in [7, 11) is 0. The molecule has 1 fully saturated rings. The van der Waals surface area contributed by atoms with E-state index >= 15 is 0 Å². The van der Waals surface area contributed by atoms with Crippen LogP contribution in [0.15, 0.2) is 24.3 Å². The molecule has 2 rings (SSSR count). The molecule has 1 atom stereocenters. The smallest absolute Gasteiger partial charge is 0.315 e. The van der Waals surface area contributed by atoms with E-state index in [2.05, 4.69) is 5.32 Å². The molecule has 0 spiro atoms. The number of hydrogen-bond donors (Lipinski definition) is 2. The van der Waals surface area contributed by atoms with Gasteiger partial charge in [0.05, 0.1) is 18.2 Å². The summed E-state index contributed by atoms with van der Waals surface area (Å²) in [5.41, 5.74) is 1.41. The van der Waals surface area contributed by atoms with E-state index in [0.717, 1.165) is 5.56 Å². The van der Waals surface area contributed by atoms with Crippen molar-refractivity contribution < 1.29 is 18.4 Å². The number of carbonyl (C=O) groups excluding carboxylic acids is 2. The lowest BCUT2D eigenvalue weighted by atomic mass is 10.1. The monoisotopic (exact) mass is 322 g/mol. The lowest BCUT2D eigenvalue weighted by Crippen LogP contribution is -2.46. The zero-order valence-electron chi connectivity index (χ0n) is 12.3. The number of alkyl halides is 2. The summed E-state index contributed by atoms with van der Waals surface area (Å²) in [6, 6.07) is 7.41. The minimum Gasteiger partial charge on any atom is -0.336 e. The number of nitriles is 1. The molecule has 1 aliphatic rings. The quantitative estimate of drug-likeness (QED) is 0.855. The van der Waals surface area contributed by atoms with Crippen LogP contribution in [0.4, 0.5) is 13.6 Å². The average molecular weight is 322 g/mol. The maximum Gasteiger partial charge on any atom is 0.315 e. The van der Waals surface area contributed by atoms with Crippen molar-refractivity contribution in [3.63, 3.8) is 0 Å². The summed E-state index contributed by atoms with van der Waals surface area (Å²) in [5, 5.41) is 13.1. The summed E-state index contributed by atoms with van der Waals surface area (Å²) in [6.45, 7) is 0.0989. The van der Waals surface area contributed by atoms with Gasteiger partial charge < -0.3 is 15.5 Å². The number of hydrogen-bond acceptors (Lipinski definition) is 3. The largest absolute Gasteiger partial charge is 0.336 e. The number of carbonyl (C=O) groups is 2. The van der Waals surface area contributed by atoms with Crippen molar-refractivity contribution in [1.82, 2.24) is 15.5 Å². The molecule has 0 bridgehead atoms. The number of nitrogens with one attached hydrogen (secondary N) is 2. The second-order valence-corrected chi connectivity index (χ2v) is 5.16. The molecule has 0 aliphatic carbocycles. The van der Waals surface area contributed by atoms with E-state index in [4.69, 9.17) is 5.26 Å². The van der Waals surface area contributed by atoms with Crippen molar-refractivity contribution in [1.29, 1.82) is 5.26 Å². The van der Waals surface area contributed by atoms with Crippen LogP contribution in [-0.4, -0.2) is 42.4 Å². The van der Waals surface area contributed by atoms with Crippen LogP contribution < -0.4 is 10.6 Å². The molecular formula is C15H16F2N4O2. The molecule has 1 heterocycles. The lowest BCUT2D eigenvalue weighted by molar-refractivity contribution is -0.129. The van der Waals surface area contributed by atoms with Crippen LogP contribution in [0.3, 0.4) is 0 Å². The Bertz CT molecular complexity index is 613. The summed E-state index contributed by atoms with van der Waals surface area (Å²) >= 11 is 0. The fraction of sp³-hybridized carbons (Fsp3) is 0.400. The standard InChI is InChI=1S/C15H16F2N4O2/c16-13(17)8-19-15(23)20-12-5-6-21(14(12)22)9-11-3-1-10(7-18)2-4-11/h1-4,12-13H,5-6,8-9H2,(H2,19,20,23)/t12-/m1/s1. The fourth-order valence-corrected chi connectivity index (χ4v) is 2.31. The highest BCUT2D eigenvalue weighted by atomic mass is 19.3. The van der Waals surface area contributed by atoms with E-state index in [1.54, 1.807) is 29.2 Å². The van der Waals surface area contributed by atoms with E-state index in [0.29, 0.717) is 25.1 Å². The predicted octanol–water partition coefficient (Wildman–Crippen LogP) is 1.22. The van der Waals surface area contributed by atoms with E-state index in [-0.39, 0.29) is 5.91 Å². The number of nitrogens with zero attached hydrogens (tertiary/aromatic N) is 2. The minimum atomic E-state index is -2.63. The maximum atomic E-state index is 12.2. The van der Waals surface area contributed by atoms with Crippen molar-refractivity contribution in [2.24, 2.45) is 0 Å². The number of halogens is 2. The Labute approximate surface area is 132 Å². The van der Waals surface area contributed by atoms with Crippen LogP contribution in [0, 0.1) is 11.3 Å². The van der Waals surface area contributed by atoms with Crippen LogP contribution in [0.1, 0.15) is 17.5 Å². The lowest BCUT2D eigenvalue weighted by Gasteiger charge is -2.17. The molecule has 3 amide bonds. The Morgan fingerprint density at radius 2 is 2.09 bits per heavy atom. The van der Waals surface area contributed by atoms with Crippen molar-refractivity contribution in [3.05, 3.63) is 35.4 Å². The van der Waals surface area contributed by atoms with Crippen LogP contribution in [0.5, 0.6) is 0 Å². The highest BCUT2D eigenvalue weighted by molar-refractivity contribution is 5.88. The third-order valence-corrected chi connectivity index (χ3v) is 3.48. The van der Waals surface area contributed by atoms with E-state index in [1.165, 1.54) is 0 Å². The van der Waals surface area contributed by atoms with Crippen LogP contribution in [-0.2, 0) is 11.3 Å². The topological polar surface area (TPSA) is 85.2 Å². The third kappa shape index (κ3) is 4.64. The van der Waals surface area contributed by atoms with E-state index in [1.807, 2.05) is 11.4 Å². The Kier molecular flexibility index (Phi) is 5.46. The van der Waals surface area contributed by atoms with Crippen molar-refractivity contribution >= 4 is 11.9 Å². The molecule has 1 aromatic carbocycles. The van der Waals surface area contributed by atoms with Gasteiger partial charge in [0.25, 0.3) is 6.43 Å². The zero-order chi connectivity index (χ0) is 16.8. The van der Waals surface area contributed by atoms with Crippen LogP contribution in [0.2, 0.25) is 0 Å². The second kappa shape index (κ2) is 7.54. The van der Waals surface area contributed by atoms with Gasteiger partial charge >= 0.3 is 6.03 Å². The first-order chi connectivity index (χ1) is 11.0. The van der Waals surface area contributed by atoms with Crippen molar-refractivity contribution in [2.45, 2.75) is 25.4 Å². The molecule has 0 unspecified atom stereocenters. The average Bonchev–Trinajstić information content (AvgIpc) is 2.87. The van der Waals surface area contributed by atoms with Gasteiger partial charge in [-0.3, -0.25) is 4.79 Å². The molecule has 1 aliphatic heterocycles. The number of likely N-dealkylation sites (tertiary alicyclic amines) is 1. The molecular weight excluding hydrogens is 306 g/mol. The van der Waals surface area contributed by atoms with Crippen LogP contribution in [0.25, 0.3) is 0 Å². The van der Waals surface area contributed by atoms with Crippen molar-refractivity contribution in [2.75, 3.05) is 13.1 Å².